The van der Waals surface area contributed by atoms with E-state index in [9.17, 15) is 9.00 Å². The number of nitrogens with zero attached hydrogens (tertiary/aromatic N) is 3. The molecular formula is C29H32N8O4S. The molecule has 5 rings (SSSR count). The number of nitrogens with one attached hydrogen (secondary N) is 3. The van der Waals surface area contributed by atoms with Crippen molar-refractivity contribution in [3.63, 3.8) is 0 Å². The van der Waals surface area contributed by atoms with E-state index in [1.54, 1.807) is 56.7 Å². The van der Waals surface area contributed by atoms with Crippen LogP contribution in [0, 0.1) is 5.92 Å². The summed E-state index contributed by atoms with van der Waals surface area (Å²) in [6.45, 7) is 1.70. The summed E-state index contributed by atoms with van der Waals surface area (Å²) in [5.74, 6) is 1.55. The van der Waals surface area contributed by atoms with Gasteiger partial charge in [0, 0.05) is 61.1 Å². The van der Waals surface area contributed by atoms with Gasteiger partial charge in [0.1, 0.15) is 11.5 Å². The van der Waals surface area contributed by atoms with Crippen LogP contribution in [0.5, 0.6) is 11.5 Å². The maximum Gasteiger partial charge on any atom is 0.230 e. The molecule has 0 saturated carbocycles. The molecule has 0 radical (unpaired) electrons. The molecule has 42 heavy (non-hydrogen) atoms. The second kappa shape index (κ2) is 12.7. The third-order valence-corrected chi connectivity index (χ3v) is 7.70. The molecule has 1 aromatic heterocycles. The van der Waals surface area contributed by atoms with Crippen molar-refractivity contribution < 1.29 is 18.5 Å². The van der Waals surface area contributed by atoms with E-state index in [1.807, 2.05) is 29.2 Å². The number of anilines is 4. The molecule has 13 heteroatoms. The predicted octanol–water partition coefficient (Wildman–Crippen LogP) is 3.15. The van der Waals surface area contributed by atoms with E-state index in [0.29, 0.717) is 70.0 Å². The van der Waals surface area contributed by atoms with Crippen molar-refractivity contribution in [2.24, 2.45) is 17.4 Å². The highest BCUT2D eigenvalue weighted by molar-refractivity contribution is 7.86. The van der Waals surface area contributed by atoms with Crippen LogP contribution in [-0.4, -0.2) is 58.8 Å². The van der Waals surface area contributed by atoms with E-state index in [-0.39, 0.29) is 17.6 Å². The number of nitrogens with two attached hydrogens (primary N) is 2. The van der Waals surface area contributed by atoms with Crippen LogP contribution < -0.4 is 36.3 Å². The highest BCUT2D eigenvalue weighted by Crippen LogP contribution is 2.31. The summed E-state index contributed by atoms with van der Waals surface area (Å²) in [6.07, 6.45) is 1.37. The molecule has 12 nitrogen and oxygen atoms in total. The second-order valence-corrected chi connectivity index (χ2v) is 10.9. The molecular weight excluding hydrogens is 556 g/mol. The zero-order chi connectivity index (χ0) is 29.6. The molecule has 1 unspecified atom stereocenters. The van der Waals surface area contributed by atoms with E-state index in [2.05, 4.69) is 20.3 Å². The van der Waals surface area contributed by atoms with Crippen LogP contribution in [0.3, 0.4) is 0 Å². The first-order valence-corrected chi connectivity index (χ1v) is 14.2. The molecule has 1 saturated heterocycles. The minimum Gasteiger partial charge on any atom is -0.497 e. The molecule has 4 aromatic rings. The summed E-state index contributed by atoms with van der Waals surface area (Å²) < 4.78 is 27.2. The Morgan fingerprint density at radius 1 is 0.976 bits per heavy atom. The predicted molar refractivity (Wildman–Crippen MR) is 164 cm³/mol. The highest BCUT2D eigenvalue weighted by Gasteiger charge is 2.32. The highest BCUT2D eigenvalue weighted by atomic mass is 32.2. The summed E-state index contributed by atoms with van der Waals surface area (Å²) in [6, 6.07) is 19.6. The number of benzene rings is 3. The molecule has 0 aliphatic carbocycles. The average Bonchev–Trinajstić information content (AvgIpc) is 2.98. The van der Waals surface area contributed by atoms with E-state index in [4.69, 9.17) is 25.9 Å². The molecule has 1 aliphatic heterocycles. The standard InChI is InChI=1S/C29H32N8O4S/c1-40-22-10-21(11-23(13-22)41-2)32-27-28(35-26-9-4-3-8-25(26)34-27)36-42(39)24-7-5-6-20(12-24)33-29(38)18-15-37(16-18)17-19(31)14-30/h3-14,18H,15-17,30-31H2,1-2H3,(H,32,34)(H,33,38)(H,35,36)/b19-14-. The third kappa shape index (κ3) is 6.70. The maximum absolute atomic E-state index is 13.5. The Morgan fingerprint density at radius 2 is 1.64 bits per heavy atom. The van der Waals surface area contributed by atoms with Crippen LogP contribution in [0.15, 0.2) is 83.5 Å². The smallest absolute Gasteiger partial charge is 0.230 e. The van der Waals surface area contributed by atoms with Gasteiger partial charge in [-0.2, -0.15) is 0 Å². The molecule has 1 fully saturated rings. The van der Waals surface area contributed by atoms with Crippen molar-refractivity contribution in [3.05, 3.63) is 78.6 Å². The molecule has 0 bridgehead atoms. The molecule has 1 atom stereocenters. The first kappa shape index (κ1) is 28.6. The van der Waals surface area contributed by atoms with Gasteiger partial charge in [-0.3, -0.25) is 14.4 Å². The monoisotopic (exact) mass is 588 g/mol. The Kier molecular flexibility index (Phi) is 8.69. The fraction of sp³-hybridized carbons (Fsp3) is 0.207. The number of hydrogen-bond acceptors (Lipinski definition) is 10. The lowest BCUT2D eigenvalue weighted by atomic mass is 9.99. The number of ether oxygens (including phenoxy) is 2. The van der Waals surface area contributed by atoms with Crippen LogP contribution in [0.4, 0.5) is 23.0 Å². The van der Waals surface area contributed by atoms with E-state index >= 15 is 0 Å². The zero-order valence-corrected chi connectivity index (χ0v) is 24.0. The summed E-state index contributed by atoms with van der Waals surface area (Å²) in [5, 5.41) is 6.16. The number of methoxy groups -OCH3 is 2. The van der Waals surface area contributed by atoms with Gasteiger partial charge in [0.05, 0.1) is 36.1 Å². The van der Waals surface area contributed by atoms with Gasteiger partial charge in [0.25, 0.3) is 0 Å². The van der Waals surface area contributed by atoms with E-state index < -0.39 is 11.0 Å². The van der Waals surface area contributed by atoms with Crippen molar-refractivity contribution in [2.75, 3.05) is 49.2 Å². The van der Waals surface area contributed by atoms with Crippen molar-refractivity contribution >= 4 is 50.9 Å². The number of likely N-dealkylation sites (tertiary alicyclic amines) is 1. The van der Waals surface area contributed by atoms with E-state index in [1.165, 1.54) is 6.20 Å². The Hall–Kier alpha value is -4.88. The second-order valence-electron chi connectivity index (χ2n) is 9.66. The molecule has 218 valence electrons. The topological polar surface area (TPSA) is 170 Å². The molecule has 7 N–H and O–H groups in total. The van der Waals surface area contributed by atoms with E-state index in [0.717, 1.165) is 0 Å². The summed E-state index contributed by atoms with van der Waals surface area (Å²) in [5.41, 5.74) is 14.2. The fourth-order valence-electron chi connectivity index (χ4n) is 4.43. The Bertz CT molecular complexity index is 1640. The fourth-order valence-corrected chi connectivity index (χ4v) is 5.30. The van der Waals surface area contributed by atoms with Crippen LogP contribution in [-0.2, 0) is 15.8 Å². The number of carbonyl (C=O) groups excluding carboxylic acids is 1. The van der Waals surface area contributed by atoms with Gasteiger partial charge in [0.2, 0.25) is 5.91 Å². The number of rotatable bonds is 11. The van der Waals surface area contributed by atoms with Gasteiger partial charge >= 0.3 is 0 Å². The minimum atomic E-state index is -1.73. The number of fused-ring (bicyclic) bond motifs is 1. The Balaban J connectivity index is 1.33. The largest absolute Gasteiger partial charge is 0.497 e. The van der Waals surface area contributed by atoms with Gasteiger partial charge < -0.3 is 31.6 Å². The maximum atomic E-state index is 13.5. The van der Waals surface area contributed by atoms with Crippen molar-refractivity contribution in [3.8, 4) is 11.5 Å². The summed E-state index contributed by atoms with van der Waals surface area (Å²) in [7, 11) is 1.41. The zero-order valence-electron chi connectivity index (χ0n) is 23.2. The Morgan fingerprint density at radius 3 is 2.29 bits per heavy atom. The number of aromatic nitrogens is 2. The first-order chi connectivity index (χ1) is 20.3. The molecule has 2 heterocycles. The quantitative estimate of drug-likeness (QED) is 0.175. The van der Waals surface area contributed by atoms with Crippen molar-refractivity contribution in [1.29, 1.82) is 0 Å². The van der Waals surface area contributed by atoms with Crippen molar-refractivity contribution in [1.82, 2.24) is 14.9 Å². The summed E-state index contributed by atoms with van der Waals surface area (Å²) in [4.78, 5) is 24.6. The lowest BCUT2D eigenvalue weighted by Gasteiger charge is -2.38. The minimum absolute atomic E-state index is 0.113. The molecule has 3 aromatic carbocycles. The van der Waals surface area contributed by atoms with Gasteiger partial charge in [-0.15, -0.1) is 0 Å². The molecule has 1 amide bonds. The third-order valence-electron chi connectivity index (χ3n) is 6.64. The van der Waals surface area contributed by atoms with Crippen LogP contribution in [0.2, 0.25) is 0 Å². The molecule has 0 spiro atoms. The number of carbonyl (C=O) groups is 1. The molecule has 1 aliphatic rings. The number of para-hydroxylation sites is 2. The van der Waals surface area contributed by atoms with Crippen LogP contribution in [0.25, 0.3) is 11.0 Å². The average molecular weight is 589 g/mol. The lowest BCUT2D eigenvalue weighted by Crippen LogP contribution is -2.52. The summed E-state index contributed by atoms with van der Waals surface area (Å²) >= 11 is 0. The van der Waals surface area contributed by atoms with Gasteiger partial charge in [-0.05, 0) is 30.3 Å². The Labute approximate surface area is 245 Å². The number of amides is 1. The number of hydrogen-bond donors (Lipinski definition) is 5. The van der Waals surface area contributed by atoms with Gasteiger partial charge in [0.15, 0.2) is 22.6 Å². The van der Waals surface area contributed by atoms with Gasteiger partial charge in [-0.25, -0.2) is 14.2 Å². The van der Waals surface area contributed by atoms with Crippen LogP contribution in [0.1, 0.15) is 0 Å². The SMILES string of the molecule is COc1cc(Nc2nc3ccccc3nc2NS(=O)c2cccc(NC(=O)C3CN(C/C(N)=C/N)C3)c2)cc(OC)c1. The van der Waals surface area contributed by atoms with Crippen LogP contribution >= 0.6 is 0 Å². The normalized spacial score (nSPS) is 14.6. The van der Waals surface area contributed by atoms with Gasteiger partial charge in [-0.1, -0.05) is 18.2 Å². The lowest BCUT2D eigenvalue weighted by molar-refractivity contribution is -0.124. The first-order valence-electron chi connectivity index (χ1n) is 13.1. The van der Waals surface area contributed by atoms with Crippen molar-refractivity contribution in [2.45, 2.75) is 4.90 Å².